The van der Waals surface area contributed by atoms with Gasteiger partial charge in [0.2, 0.25) is 5.91 Å². The van der Waals surface area contributed by atoms with Crippen molar-refractivity contribution in [2.24, 2.45) is 17.6 Å². The van der Waals surface area contributed by atoms with Crippen molar-refractivity contribution in [3.05, 3.63) is 0 Å². The molecular formula is C14H27N3O2. The zero-order chi connectivity index (χ0) is 13.8. The third-order valence-corrected chi connectivity index (χ3v) is 4.39. The normalized spacial score (nSPS) is 24.2. The second kappa shape index (κ2) is 6.68. The molecule has 2 atom stereocenters. The first-order valence-electron chi connectivity index (χ1n) is 7.37. The van der Waals surface area contributed by atoms with E-state index in [-0.39, 0.29) is 17.9 Å². The van der Waals surface area contributed by atoms with Crippen LogP contribution in [0, 0.1) is 11.8 Å². The highest BCUT2D eigenvalue weighted by Gasteiger charge is 2.33. The fourth-order valence-corrected chi connectivity index (χ4v) is 2.86. The average Bonchev–Trinajstić information content (AvgIpc) is 3.23. The van der Waals surface area contributed by atoms with E-state index in [2.05, 4.69) is 24.3 Å². The number of carbonyl (C=O) groups excluding carboxylic acids is 1. The monoisotopic (exact) mass is 269 g/mol. The van der Waals surface area contributed by atoms with Gasteiger partial charge in [-0.25, -0.2) is 0 Å². The number of carbonyl (C=O) groups is 1. The maximum Gasteiger partial charge on any atom is 0.237 e. The van der Waals surface area contributed by atoms with E-state index in [9.17, 15) is 4.79 Å². The number of amides is 1. The van der Waals surface area contributed by atoms with Gasteiger partial charge in [0.1, 0.15) is 0 Å². The van der Waals surface area contributed by atoms with Crippen LogP contribution in [0.1, 0.15) is 25.7 Å². The van der Waals surface area contributed by atoms with Crippen LogP contribution in [0.15, 0.2) is 0 Å². The lowest BCUT2D eigenvalue weighted by Gasteiger charge is -2.29. The van der Waals surface area contributed by atoms with Gasteiger partial charge in [0.15, 0.2) is 0 Å². The first kappa shape index (κ1) is 14.8. The largest absolute Gasteiger partial charge is 0.381 e. The molecule has 0 aromatic rings. The van der Waals surface area contributed by atoms with Gasteiger partial charge < -0.3 is 20.7 Å². The number of nitrogens with zero attached hydrogens (tertiary/aromatic N) is 1. The molecule has 0 radical (unpaired) electrons. The van der Waals surface area contributed by atoms with Crippen molar-refractivity contribution in [3.8, 4) is 0 Å². The van der Waals surface area contributed by atoms with Crippen molar-refractivity contribution in [1.29, 1.82) is 0 Å². The molecule has 1 aliphatic carbocycles. The summed E-state index contributed by atoms with van der Waals surface area (Å²) in [5.41, 5.74) is 6.06. The number of hydrogen-bond acceptors (Lipinski definition) is 4. The number of nitrogens with one attached hydrogen (secondary N) is 1. The third-order valence-electron chi connectivity index (χ3n) is 4.39. The zero-order valence-corrected chi connectivity index (χ0v) is 12.1. The molecule has 19 heavy (non-hydrogen) atoms. The van der Waals surface area contributed by atoms with Crippen LogP contribution in [-0.2, 0) is 9.53 Å². The number of ether oxygens (including phenoxy) is 1. The molecule has 1 saturated carbocycles. The molecule has 5 nitrogen and oxygen atoms in total. The van der Waals surface area contributed by atoms with Gasteiger partial charge in [-0.2, -0.15) is 0 Å². The van der Waals surface area contributed by atoms with E-state index in [4.69, 9.17) is 10.5 Å². The summed E-state index contributed by atoms with van der Waals surface area (Å²) in [5, 5.41) is 3.04. The Kier molecular flexibility index (Phi) is 5.19. The lowest BCUT2D eigenvalue weighted by Crippen LogP contribution is -2.50. The summed E-state index contributed by atoms with van der Waals surface area (Å²) in [5.74, 6) is 1.02. The predicted molar refractivity (Wildman–Crippen MR) is 74.7 cm³/mol. The molecule has 2 rings (SSSR count). The molecule has 1 aliphatic heterocycles. The molecular weight excluding hydrogens is 242 g/mol. The number of nitrogens with two attached hydrogens (primary N) is 1. The quantitative estimate of drug-likeness (QED) is 0.723. The highest BCUT2D eigenvalue weighted by molar-refractivity contribution is 5.81. The van der Waals surface area contributed by atoms with Crippen molar-refractivity contribution in [2.75, 3.05) is 33.9 Å². The lowest BCUT2D eigenvalue weighted by atomic mass is 9.92. The predicted octanol–water partition coefficient (Wildman–Crippen LogP) is 0.197. The molecule has 2 aliphatic rings. The fourth-order valence-electron chi connectivity index (χ4n) is 2.86. The summed E-state index contributed by atoms with van der Waals surface area (Å²) < 4.78 is 5.31. The molecule has 1 amide bonds. The van der Waals surface area contributed by atoms with Gasteiger partial charge in [-0.15, -0.1) is 0 Å². The Labute approximate surface area is 115 Å². The maximum absolute atomic E-state index is 12.1. The van der Waals surface area contributed by atoms with E-state index in [0.29, 0.717) is 12.6 Å². The van der Waals surface area contributed by atoms with E-state index >= 15 is 0 Å². The van der Waals surface area contributed by atoms with Crippen molar-refractivity contribution in [1.82, 2.24) is 10.2 Å². The first-order valence-corrected chi connectivity index (χ1v) is 7.37. The maximum atomic E-state index is 12.1. The second-order valence-corrected chi connectivity index (χ2v) is 6.09. The minimum Gasteiger partial charge on any atom is -0.381 e. The Morgan fingerprint density at radius 3 is 2.42 bits per heavy atom. The summed E-state index contributed by atoms with van der Waals surface area (Å²) in [6.07, 6.45) is 4.36. The van der Waals surface area contributed by atoms with Crippen LogP contribution in [0.4, 0.5) is 0 Å². The van der Waals surface area contributed by atoms with Crippen molar-refractivity contribution < 1.29 is 9.53 Å². The zero-order valence-electron chi connectivity index (χ0n) is 12.1. The summed E-state index contributed by atoms with van der Waals surface area (Å²) in [6.45, 7) is 2.18. The Hall–Kier alpha value is -0.650. The van der Waals surface area contributed by atoms with E-state index in [1.54, 1.807) is 0 Å². The standard InChI is InChI=1S/C14H27N3O2/c1-17(2)12(10-3-4-10)9-16-14(18)13(15)11-5-7-19-8-6-11/h10-13H,3-9,15H2,1-2H3,(H,16,18). The van der Waals surface area contributed by atoms with Gasteiger partial charge in [-0.3, -0.25) is 4.79 Å². The van der Waals surface area contributed by atoms with E-state index in [1.807, 2.05) is 0 Å². The van der Waals surface area contributed by atoms with Gasteiger partial charge in [-0.1, -0.05) is 0 Å². The highest BCUT2D eigenvalue weighted by Crippen LogP contribution is 2.34. The van der Waals surface area contributed by atoms with Gasteiger partial charge in [0, 0.05) is 25.8 Å². The van der Waals surface area contributed by atoms with Crippen LogP contribution >= 0.6 is 0 Å². The molecule has 1 heterocycles. The summed E-state index contributed by atoms with van der Waals surface area (Å²) in [4.78, 5) is 14.3. The van der Waals surface area contributed by atoms with Crippen molar-refractivity contribution >= 4 is 5.91 Å². The Morgan fingerprint density at radius 1 is 1.26 bits per heavy atom. The van der Waals surface area contributed by atoms with E-state index in [1.165, 1.54) is 12.8 Å². The average molecular weight is 269 g/mol. The summed E-state index contributed by atoms with van der Waals surface area (Å²) in [7, 11) is 4.15. The summed E-state index contributed by atoms with van der Waals surface area (Å²) >= 11 is 0. The molecule has 0 bridgehead atoms. The molecule has 0 aromatic carbocycles. The summed E-state index contributed by atoms with van der Waals surface area (Å²) in [6, 6.07) is 0.0664. The van der Waals surface area contributed by atoms with Crippen molar-refractivity contribution in [3.63, 3.8) is 0 Å². The smallest absolute Gasteiger partial charge is 0.237 e. The number of hydrogen-bond donors (Lipinski definition) is 2. The van der Waals surface area contributed by atoms with Crippen LogP contribution in [-0.4, -0.2) is 56.7 Å². The Bertz CT molecular complexity index is 297. The van der Waals surface area contributed by atoms with Gasteiger partial charge in [-0.05, 0) is 51.6 Å². The van der Waals surface area contributed by atoms with Gasteiger partial charge >= 0.3 is 0 Å². The fraction of sp³-hybridized carbons (Fsp3) is 0.929. The second-order valence-electron chi connectivity index (χ2n) is 6.09. The molecule has 3 N–H and O–H groups in total. The molecule has 5 heteroatoms. The molecule has 0 spiro atoms. The minimum atomic E-state index is -0.383. The Morgan fingerprint density at radius 2 is 1.89 bits per heavy atom. The van der Waals surface area contributed by atoms with Crippen LogP contribution < -0.4 is 11.1 Å². The highest BCUT2D eigenvalue weighted by atomic mass is 16.5. The van der Waals surface area contributed by atoms with Gasteiger partial charge in [0.25, 0.3) is 0 Å². The SMILES string of the molecule is CN(C)C(CNC(=O)C(N)C1CCOCC1)C1CC1. The number of rotatable bonds is 6. The van der Waals surface area contributed by atoms with Crippen molar-refractivity contribution in [2.45, 2.75) is 37.8 Å². The molecule has 2 fully saturated rings. The molecule has 110 valence electrons. The van der Waals surface area contributed by atoms with Gasteiger partial charge in [0.05, 0.1) is 6.04 Å². The molecule has 2 unspecified atom stereocenters. The van der Waals surface area contributed by atoms with Crippen LogP contribution in [0.25, 0.3) is 0 Å². The molecule has 0 aromatic heterocycles. The minimum absolute atomic E-state index is 0.000556. The van der Waals surface area contributed by atoms with Crippen LogP contribution in [0.3, 0.4) is 0 Å². The van der Waals surface area contributed by atoms with Crippen LogP contribution in [0.5, 0.6) is 0 Å². The molecule has 1 saturated heterocycles. The number of likely N-dealkylation sites (N-methyl/N-ethyl adjacent to an activating group) is 1. The van der Waals surface area contributed by atoms with E-state index < -0.39 is 0 Å². The Balaban J connectivity index is 1.76. The van der Waals surface area contributed by atoms with E-state index in [0.717, 1.165) is 32.0 Å². The topological polar surface area (TPSA) is 67.6 Å². The van der Waals surface area contributed by atoms with Crippen LogP contribution in [0.2, 0.25) is 0 Å². The lowest BCUT2D eigenvalue weighted by molar-refractivity contribution is -0.124. The first-order chi connectivity index (χ1) is 9.09. The third kappa shape index (κ3) is 4.16.